The van der Waals surface area contributed by atoms with E-state index in [1.165, 1.54) is 0 Å². The molecule has 0 spiro atoms. The second kappa shape index (κ2) is 6.24. The molecule has 110 valence electrons. The van der Waals surface area contributed by atoms with Crippen LogP contribution >= 0.6 is 0 Å². The molecule has 1 aliphatic heterocycles. The van der Waals surface area contributed by atoms with E-state index in [4.69, 9.17) is 10.5 Å². The minimum atomic E-state index is 0.0106. The van der Waals surface area contributed by atoms with Crippen molar-refractivity contribution in [3.05, 3.63) is 24.3 Å². The number of nitrogens with two attached hydrogens (primary N) is 1. The van der Waals surface area contributed by atoms with E-state index in [-0.39, 0.29) is 11.3 Å². The van der Waals surface area contributed by atoms with E-state index in [2.05, 4.69) is 17.1 Å². The average Bonchev–Trinajstić information content (AvgIpc) is 2.81. The van der Waals surface area contributed by atoms with Crippen LogP contribution < -0.4 is 15.8 Å². The van der Waals surface area contributed by atoms with Crippen molar-refractivity contribution >= 4 is 11.6 Å². The van der Waals surface area contributed by atoms with Crippen LogP contribution in [0.2, 0.25) is 0 Å². The van der Waals surface area contributed by atoms with E-state index in [9.17, 15) is 4.79 Å². The highest BCUT2D eigenvalue weighted by molar-refractivity contribution is 5.92. The van der Waals surface area contributed by atoms with Crippen LogP contribution in [0.5, 0.6) is 5.75 Å². The number of ether oxygens (including phenoxy) is 1. The van der Waals surface area contributed by atoms with Gasteiger partial charge >= 0.3 is 0 Å². The van der Waals surface area contributed by atoms with Crippen LogP contribution in [0.1, 0.15) is 13.3 Å². The molecule has 3 N–H and O–H groups in total. The first-order chi connectivity index (χ1) is 9.54. The van der Waals surface area contributed by atoms with Gasteiger partial charge < -0.3 is 15.8 Å². The van der Waals surface area contributed by atoms with Crippen molar-refractivity contribution in [2.75, 3.05) is 38.6 Å². The van der Waals surface area contributed by atoms with Gasteiger partial charge in [-0.25, -0.2) is 0 Å². The largest absolute Gasteiger partial charge is 0.497 e. The number of nitrogens with zero attached hydrogens (tertiary/aromatic N) is 1. The van der Waals surface area contributed by atoms with Crippen LogP contribution in [-0.2, 0) is 4.79 Å². The first kappa shape index (κ1) is 14.8. The van der Waals surface area contributed by atoms with Gasteiger partial charge in [0, 0.05) is 12.2 Å². The maximum Gasteiger partial charge on any atom is 0.238 e. The number of anilines is 1. The number of carbonyl (C=O) groups excluding carboxylic acids is 1. The molecule has 1 atom stereocenters. The molecule has 1 aliphatic rings. The van der Waals surface area contributed by atoms with Crippen molar-refractivity contribution in [1.82, 2.24) is 4.90 Å². The lowest BCUT2D eigenvalue weighted by molar-refractivity contribution is -0.117. The quantitative estimate of drug-likeness (QED) is 0.851. The molecule has 1 aromatic carbocycles. The molecule has 1 aromatic rings. The number of nitrogens with one attached hydrogen (secondary N) is 1. The van der Waals surface area contributed by atoms with Crippen molar-refractivity contribution < 1.29 is 9.53 Å². The average molecular weight is 277 g/mol. The Morgan fingerprint density at radius 3 is 2.70 bits per heavy atom. The summed E-state index contributed by atoms with van der Waals surface area (Å²) in [4.78, 5) is 14.2. The third-order valence-electron chi connectivity index (χ3n) is 3.87. The third kappa shape index (κ3) is 3.71. The number of likely N-dealkylation sites (tertiary alicyclic amines) is 1. The van der Waals surface area contributed by atoms with Crippen LogP contribution in [0, 0.1) is 5.41 Å². The molecule has 1 saturated heterocycles. The van der Waals surface area contributed by atoms with Crippen molar-refractivity contribution in [1.29, 1.82) is 0 Å². The highest BCUT2D eigenvalue weighted by Crippen LogP contribution is 2.28. The standard InChI is InChI=1S/C15H23N3O2/c1-15(10-16)7-8-18(11-15)9-14(19)17-12-3-5-13(20-2)6-4-12/h3-6H,7-11,16H2,1-2H3,(H,17,19). The fraction of sp³-hybridized carbons (Fsp3) is 0.533. The third-order valence-corrected chi connectivity index (χ3v) is 3.87. The van der Waals surface area contributed by atoms with Gasteiger partial charge in [0.25, 0.3) is 0 Å². The van der Waals surface area contributed by atoms with Gasteiger partial charge in [-0.05, 0) is 49.2 Å². The lowest BCUT2D eigenvalue weighted by atomic mass is 9.90. The van der Waals surface area contributed by atoms with Crippen LogP contribution in [0.3, 0.4) is 0 Å². The summed E-state index contributed by atoms with van der Waals surface area (Å²) in [7, 11) is 1.62. The van der Waals surface area contributed by atoms with E-state index in [0.717, 1.165) is 30.9 Å². The summed E-state index contributed by atoms with van der Waals surface area (Å²) >= 11 is 0. The maximum atomic E-state index is 12.0. The van der Waals surface area contributed by atoms with E-state index < -0.39 is 0 Å². The SMILES string of the molecule is COc1ccc(NC(=O)CN2CCC(C)(CN)C2)cc1. The second-order valence-corrected chi connectivity index (χ2v) is 5.75. The Kier molecular flexibility index (Phi) is 4.62. The maximum absolute atomic E-state index is 12.0. The van der Waals surface area contributed by atoms with Gasteiger partial charge in [-0.15, -0.1) is 0 Å². The van der Waals surface area contributed by atoms with Crippen molar-refractivity contribution in [2.24, 2.45) is 11.1 Å². The van der Waals surface area contributed by atoms with E-state index in [1.54, 1.807) is 7.11 Å². The molecule has 20 heavy (non-hydrogen) atoms. The number of methoxy groups -OCH3 is 1. The zero-order valence-corrected chi connectivity index (χ0v) is 12.2. The molecule has 0 saturated carbocycles. The van der Waals surface area contributed by atoms with Crippen LogP contribution in [-0.4, -0.2) is 44.1 Å². The van der Waals surface area contributed by atoms with Gasteiger partial charge in [0.2, 0.25) is 5.91 Å². The van der Waals surface area contributed by atoms with Gasteiger partial charge in [0.05, 0.1) is 13.7 Å². The minimum Gasteiger partial charge on any atom is -0.497 e. The first-order valence-corrected chi connectivity index (χ1v) is 6.91. The number of hydrogen-bond donors (Lipinski definition) is 2. The van der Waals surface area contributed by atoms with Gasteiger partial charge in [0.15, 0.2) is 0 Å². The van der Waals surface area contributed by atoms with Crippen LogP contribution in [0.4, 0.5) is 5.69 Å². The number of carbonyl (C=O) groups is 1. The Bertz CT molecular complexity index is 461. The van der Waals surface area contributed by atoms with E-state index >= 15 is 0 Å². The van der Waals surface area contributed by atoms with Gasteiger partial charge in [-0.2, -0.15) is 0 Å². The lowest BCUT2D eigenvalue weighted by Crippen LogP contribution is -2.35. The highest BCUT2D eigenvalue weighted by Gasteiger charge is 2.32. The topological polar surface area (TPSA) is 67.6 Å². The van der Waals surface area contributed by atoms with Crippen molar-refractivity contribution in [2.45, 2.75) is 13.3 Å². The molecule has 0 aliphatic carbocycles. The molecular formula is C15H23N3O2. The summed E-state index contributed by atoms with van der Waals surface area (Å²) in [5.74, 6) is 0.790. The molecule has 5 heteroatoms. The predicted octanol–water partition coefficient (Wildman–Crippen LogP) is 1.30. The Labute approximate surface area is 120 Å². The second-order valence-electron chi connectivity index (χ2n) is 5.75. The fourth-order valence-electron chi connectivity index (χ4n) is 2.51. The molecule has 5 nitrogen and oxygen atoms in total. The van der Waals surface area contributed by atoms with Gasteiger partial charge in [-0.3, -0.25) is 9.69 Å². The molecule has 1 amide bonds. The molecule has 1 heterocycles. The number of rotatable bonds is 5. The Hall–Kier alpha value is -1.59. The Morgan fingerprint density at radius 1 is 1.45 bits per heavy atom. The smallest absolute Gasteiger partial charge is 0.238 e. The Morgan fingerprint density at radius 2 is 2.15 bits per heavy atom. The molecule has 0 radical (unpaired) electrons. The van der Waals surface area contributed by atoms with Crippen LogP contribution in [0.25, 0.3) is 0 Å². The number of amides is 1. The molecule has 0 bridgehead atoms. The van der Waals surface area contributed by atoms with E-state index in [1.807, 2.05) is 24.3 Å². The van der Waals surface area contributed by atoms with Crippen LogP contribution in [0.15, 0.2) is 24.3 Å². The highest BCUT2D eigenvalue weighted by atomic mass is 16.5. The molecular weight excluding hydrogens is 254 g/mol. The molecule has 2 rings (SSSR count). The summed E-state index contributed by atoms with van der Waals surface area (Å²) in [6.07, 6.45) is 1.05. The zero-order valence-electron chi connectivity index (χ0n) is 12.2. The summed E-state index contributed by atoms with van der Waals surface area (Å²) < 4.78 is 5.08. The van der Waals surface area contributed by atoms with Gasteiger partial charge in [-0.1, -0.05) is 6.92 Å². The predicted molar refractivity (Wildman–Crippen MR) is 79.8 cm³/mol. The van der Waals surface area contributed by atoms with Crippen molar-refractivity contribution in [3.8, 4) is 5.75 Å². The lowest BCUT2D eigenvalue weighted by Gasteiger charge is -2.22. The first-order valence-electron chi connectivity index (χ1n) is 6.91. The Balaban J connectivity index is 1.83. The normalized spacial score (nSPS) is 22.8. The number of hydrogen-bond acceptors (Lipinski definition) is 4. The zero-order chi connectivity index (χ0) is 14.6. The summed E-state index contributed by atoms with van der Waals surface area (Å²) in [6, 6.07) is 7.34. The fourth-order valence-corrected chi connectivity index (χ4v) is 2.51. The summed E-state index contributed by atoms with van der Waals surface area (Å²) in [5, 5.41) is 2.90. The van der Waals surface area contributed by atoms with Crippen molar-refractivity contribution in [3.63, 3.8) is 0 Å². The monoisotopic (exact) mass is 277 g/mol. The minimum absolute atomic E-state index is 0.0106. The number of benzene rings is 1. The summed E-state index contributed by atoms with van der Waals surface area (Å²) in [5.41, 5.74) is 6.71. The van der Waals surface area contributed by atoms with Gasteiger partial charge in [0.1, 0.15) is 5.75 Å². The molecule has 1 unspecified atom stereocenters. The molecule has 0 aromatic heterocycles. The summed E-state index contributed by atoms with van der Waals surface area (Å²) in [6.45, 7) is 5.09. The van der Waals surface area contributed by atoms with E-state index in [0.29, 0.717) is 13.1 Å². The molecule has 1 fully saturated rings.